The van der Waals surface area contributed by atoms with Crippen molar-refractivity contribution >= 4 is 11.8 Å². The number of hydrogen-bond acceptors (Lipinski definition) is 5. The van der Waals surface area contributed by atoms with Gasteiger partial charge >= 0.3 is 0 Å². The SMILES string of the molecule is CC(=O)N1CCN(C(=O)c2coc(CN(Cc3ccc(F)cc3)Cc3ccc(C)cc3C)n2)CC1. The number of halogens is 1. The lowest BCUT2D eigenvalue weighted by molar-refractivity contribution is -0.130. The third kappa shape index (κ3) is 6.33. The van der Waals surface area contributed by atoms with E-state index < -0.39 is 0 Å². The molecule has 1 fully saturated rings. The van der Waals surface area contributed by atoms with E-state index >= 15 is 0 Å². The Labute approximate surface area is 205 Å². The second-order valence-corrected chi connectivity index (χ2v) is 9.13. The van der Waals surface area contributed by atoms with Crippen LogP contribution in [0.4, 0.5) is 4.39 Å². The molecule has 1 aliphatic heterocycles. The van der Waals surface area contributed by atoms with E-state index in [1.807, 2.05) is 0 Å². The standard InChI is InChI=1S/C27H31FN4O3/c1-19-4-7-23(20(2)14-19)16-30(15-22-5-8-24(28)9-6-22)17-26-29-25(18-35-26)27(34)32-12-10-31(11-13-32)21(3)33/h4-9,14,18H,10-13,15-17H2,1-3H3. The zero-order valence-corrected chi connectivity index (χ0v) is 20.5. The molecule has 1 saturated heterocycles. The van der Waals surface area contributed by atoms with Gasteiger partial charge in [0.05, 0.1) is 6.54 Å². The topological polar surface area (TPSA) is 69.9 Å². The fourth-order valence-electron chi connectivity index (χ4n) is 4.34. The lowest BCUT2D eigenvalue weighted by Crippen LogP contribution is -2.50. The molecule has 8 heteroatoms. The number of rotatable bonds is 7. The minimum absolute atomic E-state index is 0.0193. The van der Waals surface area contributed by atoms with E-state index in [1.54, 1.807) is 21.9 Å². The number of aromatic nitrogens is 1. The molecule has 0 saturated carbocycles. The summed E-state index contributed by atoms with van der Waals surface area (Å²) in [6.07, 6.45) is 1.40. The number of piperazine rings is 1. The molecule has 3 aromatic rings. The van der Waals surface area contributed by atoms with Crippen LogP contribution in [0, 0.1) is 19.7 Å². The Balaban J connectivity index is 1.47. The van der Waals surface area contributed by atoms with Crippen molar-refractivity contribution in [3.63, 3.8) is 0 Å². The highest BCUT2D eigenvalue weighted by molar-refractivity contribution is 5.92. The summed E-state index contributed by atoms with van der Waals surface area (Å²) >= 11 is 0. The first kappa shape index (κ1) is 24.6. The van der Waals surface area contributed by atoms with Gasteiger partial charge in [-0.25, -0.2) is 9.37 Å². The van der Waals surface area contributed by atoms with E-state index in [0.29, 0.717) is 51.7 Å². The van der Waals surface area contributed by atoms with Crippen molar-refractivity contribution in [1.82, 2.24) is 19.7 Å². The number of benzene rings is 2. The molecular weight excluding hydrogens is 447 g/mol. The van der Waals surface area contributed by atoms with Crippen LogP contribution in [0.5, 0.6) is 0 Å². The van der Waals surface area contributed by atoms with Crippen molar-refractivity contribution in [2.24, 2.45) is 0 Å². The second kappa shape index (κ2) is 10.8. The smallest absolute Gasteiger partial charge is 0.275 e. The highest BCUT2D eigenvalue weighted by Gasteiger charge is 2.25. The predicted molar refractivity (Wildman–Crippen MR) is 130 cm³/mol. The maximum absolute atomic E-state index is 13.4. The summed E-state index contributed by atoms with van der Waals surface area (Å²) in [5.74, 6) is 0.00538. The van der Waals surface area contributed by atoms with Crippen molar-refractivity contribution in [1.29, 1.82) is 0 Å². The normalized spacial score (nSPS) is 14.0. The maximum atomic E-state index is 13.4. The molecule has 184 valence electrons. The van der Waals surface area contributed by atoms with Crippen LogP contribution in [0.2, 0.25) is 0 Å². The monoisotopic (exact) mass is 478 g/mol. The molecular formula is C27H31FN4O3. The highest BCUT2D eigenvalue weighted by atomic mass is 19.1. The highest BCUT2D eigenvalue weighted by Crippen LogP contribution is 2.19. The van der Waals surface area contributed by atoms with Crippen LogP contribution in [-0.2, 0) is 24.4 Å². The van der Waals surface area contributed by atoms with Gasteiger partial charge in [0.25, 0.3) is 5.91 Å². The Kier molecular flexibility index (Phi) is 7.60. The number of carbonyl (C=O) groups is 2. The van der Waals surface area contributed by atoms with Gasteiger partial charge in [0, 0.05) is 46.2 Å². The Morgan fingerprint density at radius 2 is 1.66 bits per heavy atom. The molecule has 2 amide bonds. The van der Waals surface area contributed by atoms with E-state index in [1.165, 1.54) is 42.0 Å². The molecule has 0 unspecified atom stereocenters. The molecule has 0 bridgehead atoms. The number of oxazole rings is 1. The summed E-state index contributed by atoms with van der Waals surface area (Å²) in [6.45, 7) is 9.32. The minimum atomic E-state index is -0.269. The van der Waals surface area contributed by atoms with Crippen LogP contribution in [-0.4, -0.2) is 57.7 Å². The zero-order chi connectivity index (χ0) is 24.9. The summed E-state index contributed by atoms with van der Waals surface area (Å²) in [5.41, 5.74) is 4.83. The maximum Gasteiger partial charge on any atom is 0.275 e. The molecule has 0 spiro atoms. The van der Waals surface area contributed by atoms with Gasteiger partial charge in [-0.15, -0.1) is 0 Å². The van der Waals surface area contributed by atoms with Gasteiger partial charge in [0.1, 0.15) is 12.1 Å². The number of amides is 2. The van der Waals surface area contributed by atoms with Crippen LogP contribution < -0.4 is 0 Å². The fourth-order valence-corrected chi connectivity index (χ4v) is 4.34. The van der Waals surface area contributed by atoms with Crippen molar-refractivity contribution < 1.29 is 18.4 Å². The van der Waals surface area contributed by atoms with Crippen LogP contribution in [0.15, 0.2) is 53.1 Å². The van der Waals surface area contributed by atoms with Gasteiger partial charge in [0.2, 0.25) is 11.8 Å². The Bertz CT molecular complexity index is 1180. The first-order valence-corrected chi connectivity index (χ1v) is 11.8. The van der Waals surface area contributed by atoms with E-state index in [4.69, 9.17) is 4.42 Å². The fraction of sp³-hybridized carbons (Fsp3) is 0.370. The zero-order valence-electron chi connectivity index (χ0n) is 20.5. The molecule has 0 N–H and O–H groups in total. The van der Waals surface area contributed by atoms with Crippen LogP contribution >= 0.6 is 0 Å². The lowest BCUT2D eigenvalue weighted by Gasteiger charge is -2.33. The van der Waals surface area contributed by atoms with Gasteiger partial charge in [0.15, 0.2) is 5.69 Å². The predicted octanol–water partition coefficient (Wildman–Crippen LogP) is 3.94. The lowest BCUT2D eigenvalue weighted by atomic mass is 10.0. The quantitative estimate of drug-likeness (QED) is 0.515. The van der Waals surface area contributed by atoms with Crippen molar-refractivity contribution in [3.05, 3.63) is 88.4 Å². The third-order valence-corrected chi connectivity index (χ3v) is 6.35. The molecule has 0 radical (unpaired) electrons. The molecule has 1 aliphatic rings. The van der Waals surface area contributed by atoms with Gasteiger partial charge in [-0.05, 0) is 42.7 Å². The molecule has 2 heterocycles. The van der Waals surface area contributed by atoms with Gasteiger partial charge in [-0.2, -0.15) is 0 Å². The molecule has 0 aliphatic carbocycles. The van der Waals surface area contributed by atoms with Crippen LogP contribution in [0.3, 0.4) is 0 Å². The molecule has 0 atom stereocenters. The average molecular weight is 479 g/mol. The summed E-state index contributed by atoms with van der Waals surface area (Å²) in [5, 5.41) is 0. The Morgan fingerprint density at radius 1 is 0.971 bits per heavy atom. The van der Waals surface area contributed by atoms with Crippen LogP contribution in [0.1, 0.15) is 45.6 Å². The first-order valence-electron chi connectivity index (χ1n) is 11.8. The molecule has 2 aromatic carbocycles. The van der Waals surface area contributed by atoms with Crippen molar-refractivity contribution in [2.45, 2.75) is 40.4 Å². The Morgan fingerprint density at radius 3 is 2.31 bits per heavy atom. The molecule has 4 rings (SSSR count). The molecule has 35 heavy (non-hydrogen) atoms. The Hall–Kier alpha value is -3.52. The molecule has 1 aromatic heterocycles. The van der Waals surface area contributed by atoms with E-state index in [-0.39, 0.29) is 23.3 Å². The minimum Gasteiger partial charge on any atom is -0.447 e. The van der Waals surface area contributed by atoms with Crippen molar-refractivity contribution in [3.8, 4) is 0 Å². The summed E-state index contributed by atoms with van der Waals surface area (Å²) in [7, 11) is 0. The van der Waals surface area contributed by atoms with Crippen molar-refractivity contribution in [2.75, 3.05) is 26.2 Å². The number of carbonyl (C=O) groups excluding carboxylic acids is 2. The second-order valence-electron chi connectivity index (χ2n) is 9.13. The average Bonchev–Trinajstić information content (AvgIpc) is 3.30. The summed E-state index contributed by atoms with van der Waals surface area (Å²) in [6, 6.07) is 12.8. The molecule has 7 nitrogen and oxygen atoms in total. The third-order valence-electron chi connectivity index (χ3n) is 6.35. The van der Waals surface area contributed by atoms with Gasteiger partial charge < -0.3 is 14.2 Å². The number of nitrogens with zero attached hydrogens (tertiary/aromatic N) is 4. The van der Waals surface area contributed by atoms with Gasteiger partial charge in [-0.1, -0.05) is 35.9 Å². The number of aryl methyl sites for hydroxylation is 2. The summed E-state index contributed by atoms with van der Waals surface area (Å²) in [4.78, 5) is 34.5. The van der Waals surface area contributed by atoms with E-state index in [9.17, 15) is 14.0 Å². The number of hydrogen-bond donors (Lipinski definition) is 0. The largest absolute Gasteiger partial charge is 0.447 e. The summed E-state index contributed by atoms with van der Waals surface area (Å²) < 4.78 is 19.1. The van der Waals surface area contributed by atoms with Gasteiger partial charge in [-0.3, -0.25) is 14.5 Å². The van der Waals surface area contributed by atoms with Crippen LogP contribution in [0.25, 0.3) is 0 Å². The van der Waals surface area contributed by atoms with E-state index in [0.717, 1.165) is 5.56 Å². The first-order chi connectivity index (χ1) is 16.8. The van der Waals surface area contributed by atoms with E-state index in [2.05, 4.69) is 41.9 Å².